The molecular weight excluding hydrogens is 381 g/mol. The molecule has 1 N–H and O–H groups in total. The van der Waals surface area contributed by atoms with E-state index in [-0.39, 0.29) is 17.8 Å². The molecule has 4 rings (SSSR count). The molecule has 2 aromatic carbocycles. The lowest BCUT2D eigenvalue weighted by Gasteiger charge is -2.26. The number of amides is 2. The van der Waals surface area contributed by atoms with E-state index in [1.165, 1.54) is 12.1 Å². The molecule has 0 radical (unpaired) electrons. The quantitative estimate of drug-likeness (QED) is 0.666. The fourth-order valence-corrected chi connectivity index (χ4v) is 3.90. The SMILES string of the molecule is Cc1nc2ccccc2n1C[C@@H]1CCCN1C(=O)Nc1cccc(C(F)(F)F)c1. The highest BCUT2D eigenvalue weighted by molar-refractivity contribution is 5.89. The van der Waals surface area contributed by atoms with Gasteiger partial charge in [-0.1, -0.05) is 18.2 Å². The van der Waals surface area contributed by atoms with Crippen LogP contribution in [0.25, 0.3) is 11.0 Å². The van der Waals surface area contributed by atoms with E-state index in [0.29, 0.717) is 13.1 Å². The first-order valence-corrected chi connectivity index (χ1v) is 9.49. The Bertz CT molecular complexity index is 1040. The smallest absolute Gasteiger partial charge is 0.326 e. The van der Waals surface area contributed by atoms with Crippen molar-refractivity contribution >= 4 is 22.8 Å². The van der Waals surface area contributed by atoms with Crippen LogP contribution in [-0.2, 0) is 12.7 Å². The van der Waals surface area contributed by atoms with Gasteiger partial charge >= 0.3 is 12.2 Å². The van der Waals surface area contributed by atoms with Crippen LogP contribution in [0.2, 0.25) is 0 Å². The minimum Gasteiger partial charge on any atom is -0.326 e. The molecule has 8 heteroatoms. The zero-order valence-corrected chi connectivity index (χ0v) is 15.9. The number of halogens is 3. The lowest BCUT2D eigenvalue weighted by Crippen LogP contribution is -2.40. The third-order valence-electron chi connectivity index (χ3n) is 5.32. The monoisotopic (exact) mass is 402 g/mol. The predicted octanol–water partition coefficient (Wildman–Crippen LogP) is 5.06. The molecule has 152 valence electrons. The molecule has 1 aliphatic rings. The summed E-state index contributed by atoms with van der Waals surface area (Å²) in [6.07, 6.45) is -2.76. The summed E-state index contributed by atoms with van der Waals surface area (Å²) in [5, 5.41) is 2.62. The summed E-state index contributed by atoms with van der Waals surface area (Å²) in [6, 6.07) is 12.1. The summed E-state index contributed by atoms with van der Waals surface area (Å²) in [4.78, 5) is 19.0. The number of para-hydroxylation sites is 2. The minimum absolute atomic E-state index is 0.0443. The van der Waals surface area contributed by atoms with E-state index in [4.69, 9.17) is 0 Å². The van der Waals surface area contributed by atoms with Gasteiger partial charge in [-0.15, -0.1) is 0 Å². The molecule has 0 unspecified atom stereocenters. The van der Waals surface area contributed by atoms with Crippen molar-refractivity contribution < 1.29 is 18.0 Å². The van der Waals surface area contributed by atoms with Crippen LogP contribution in [0.3, 0.4) is 0 Å². The Kier molecular flexibility index (Phi) is 4.94. The molecule has 0 spiro atoms. The molecule has 0 bridgehead atoms. The summed E-state index contributed by atoms with van der Waals surface area (Å²) in [6.45, 7) is 3.10. The highest BCUT2D eigenvalue weighted by Gasteiger charge is 2.32. The number of imidazole rings is 1. The van der Waals surface area contributed by atoms with E-state index in [2.05, 4.69) is 14.9 Å². The number of alkyl halides is 3. The maximum absolute atomic E-state index is 12.9. The average molecular weight is 402 g/mol. The molecular formula is C21H21F3N4O. The van der Waals surface area contributed by atoms with Crippen molar-refractivity contribution in [2.75, 3.05) is 11.9 Å². The van der Waals surface area contributed by atoms with Crippen LogP contribution in [-0.4, -0.2) is 33.1 Å². The van der Waals surface area contributed by atoms with E-state index in [1.54, 1.807) is 4.90 Å². The fraction of sp³-hybridized carbons (Fsp3) is 0.333. The number of hydrogen-bond donors (Lipinski definition) is 1. The van der Waals surface area contributed by atoms with E-state index in [1.807, 2.05) is 31.2 Å². The number of fused-ring (bicyclic) bond motifs is 1. The van der Waals surface area contributed by atoms with E-state index >= 15 is 0 Å². The van der Waals surface area contributed by atoms with Crippen LogP contribution in [0, 0.1) is 6.92 Å². The number of benzene rings is 2. The highest BCUT2D eigenvalue weighted by Crippen LogP contribution is 2.31. The Morgan fingerprint density at radius 2 is 2.00 bits per heavy atom. The molecule has 1 aliphatic heterocycles. The van der Waals surface area contributed by atoms with Gasteiger partial charge in [-0.05, 0) is 50.1 Å². The van der Waals surface area contributed by atoms with Crippen molar-refractivity contribution in [1.82, 2.24) is 14.5 Å². The van der Waals surface area contributed by atoms with Crippen molar-refractivity contribution in [3.63, 3.8) is 0 Å². The van der Waals surface area contributed by atoms with Crippen molar-refractivity contribution in [3.8, 4) is 0 Å². The van der Waals surface area contributed by atoms with Gasteiger partial charge in [0.1, 0.15) is 5.82 Å². The second-order valence-corrected chi connectivity index (χ2v) is 7.26. The third-order valence-corrected chi connectivity index (χ3v) is 5.32. The lowest BCUT2D eigenvalue weighted by atomic mass is 10.2. The van der Waals surface area contributed by atoms with Crippen LogP contribution < -0.4 is 5.32 Å². The van der Waals surface area contributed by atoms with Gasteiger partial charge in [-0.25, -0.2) is 9.78 Å². The number of rotatable bonds is 3. The number of aromatic nitrogens is 2. The van der Waals surface area contributed by atoms with E-state index < -0.39 is 11.7 Å². The first-order valence-electron chi connectivity index (χ1n) is 9.49. The second kappa shape index (κ2) is 7.42. The Labute approximate surface area is 166 Å². The molecule has 5 nitrogen and oxygen atoms in total. The molecule has 1 fully saturated rings. The Morgan fingerprint density at radius 1 is 1.21 bits per heavy atom. The van der Waals surface area contributed by atoms with Gasteiger partial charge in [0.05, 0.1) is 22.6 Å². The molecule has 2 amide bonds. The summed E-state index contributed by atoms with van der Waals surface area (Å²) < 4.78 is 40.8. The average Bonchev–Trinajstić information content (AvgIpc) is 3.26. The van der Waals surface area contributed by atoms with E-state index in [0.717, 1.165) is 41.8 Å². The van der Waals surface area contributed by atoms with Gasteiger partial charge in [0, 0.05) is 18.8 Å². The normalized spacial score (nSPS) is 17.1. The van der Waals surface area contributed by atoms with Crippen LogP contribution >= 0.6 is 0 Å². The summed E-state index contributed by atoms with van der Waals surface area (Å²) in [5.41, 5.74) is 1.27. The van der Waals surface area contributed by atoms with Gasteiger partial charge in [0.15, 0.2) is 0 Å². The number of aryl methyl sites for hydroxylation is 1. The van der Waals surface area contributed by atoms with Gasteiger partial charge in [-0.2, -0.15) is 13.2 Å². The number of likely N-dealkylation sites (tertiary alicyclic amines) is 1. The number of carbonyl (C=O) groups excluding carboxylic acids is 1. The van der Waals surface area contributed by atoms with E-state index in [9.17, 15) is 18.0 Å². The van der Waals surface area contributed by atoms with Gasteiger partial charge in [0.25, 0.3) is 0 Å². The minimum atomic E-state index is -4.45. The maximum atomic E-state index is 12.9. The van der Waals surface area contributed by atoms with Gasteiger partial charge in [0.2, 0.25) is 0 Å². The number of nitrogens with zero attached hydrogens (tertiary/aromatic N) is 3. The molecule has 29 heavy (non-hydrogen) atoms. The van der Waals surface area contributed by atoms with Crippen molar-refractivity contribution in [3.05, 3.63) is 59.9 Å². The van der Waals surface area contributed by atoms with Crippen molar-refractivity contribution in [1.29, 1.82) is 0 Å². The zero-order chi connectivity index (χ0) is 20.6. The molecule has 3 aromatic rings. The third kappa shape index (κ3) is 3.92. The summed E-state index contributed by atoms with van der Waals surface area (Å²) in [7, 11) is 0. The molecule has 0 saturated carbocycles. The molecule has 1 aromatic heterocycles. The van der Waals surface area contributed by atoms with Crippen LogP contribution in [0.1, 0.15) is 24.2 Å². The fourth-order valence-electron chi connectivity index (χ4n) is 3.90. The number of nitrogens with one attached hydrogen (secondary N) is 1. The topological polar surface area (TPSA) is 50.2 Å². The lowest BCUT2D eigenvalue weighted by molar-refractivity contribution is -0.137. The van der Waals surface area contributed by atoms with Crippen LogP contribution in [0.15, 0.2) is 48.5 Å². The van der Waals surface area contributed by atoms with Crippen LogP contribution in [0.4, 0.5) is 23.7 Å². The van der Waals surface area contributed by atoms with Gasteiger partial charge < -0.3 is 14.8 Å². The maximum Gasteiger partial charge on any atom is 0.416 e. The molecule has 2 heterocycles. The predicted molar refractivity (Wildman–Crippen MR) is 105 cm³/mol. The first kappa shape index (κ1) is 19.3. The number of hydrogen-bond acceptors (Lipinski definition) is 2. The largest absolute Gasteiger partial charge is 0.416 e. The Balaban J connectivity index is 1.51. The first-order chi connectivity index (χ1) is 13.8. The second-order valence-electron chi connectivity index (χ2n) is 7.26. The van der Waals surface area contributed by atoms with Crippen molar-refractivity contribution in [2.24, 2.45) is 0 Å². The van der Waals surface area contributed by atoms with Crippen molar-refractivity contribution in [2.45, 2.75) is 38.5 Å². The number of carbonyl (C=O) groups is 1. The summed E-state index contributed by atoms with van der Waals surface area (Å²) in [5.74, 6) is 0.872. The standard InChI is InChI=1S/C21H21F3N4O/c1-14-25-18-9-2-3-10-19(18)28(14)13-17-8-5-11-27(17)20(29)26-16-7-4-6-15(12-16)21(22,23)24/h2-4,6-7,9-10,12,17H,5,8,11,13H2,1H3,(H,26,29)/t17-/m0/s1. The molecule has 0 aliphatic carbocycles. The molecule has 1 atom stereocenters. The Hall–Kier alpha value is -3.03. The van der Waals surface area contributed by atoms with Gasteiger partial charge in [-0.3, -0.25) is 0 Å². The number of anilines is 1. The highest BCUT2D eigenvalue weighted by atomic mass is 19.4. The number of urea groups is 1. The van der Waals surface area contributed by atoms with Crippen LogP contribution in [0.5, 0.6) is 0 Å². The zero-order valence-electron chi connectivity index (χ0n) is 15.9. The molecule has 1 saturated heterocycles. The Morgan fingerprint density at radius 3 is 2.79 bits per heavy atom. The summed E-state index contributed by atoms with van der Waals surface area (Å²) >= 11 is 0.